The van der Waals surface area contributed by atoms with Crippen molar-refractivity contribution in [3.05, 3.63) is 42.7 Å². The van der Waals surface area contributed by atoms with Crippen LogP contribution in [0.1, 0.15) is 26.8 Å². The maximum Gasteiger partial charge on any atom is 0.0615 e. The average molecular weight is 257 g/mol. The van der Waals surface area contributed by atoms with Gasteiger partial charge in [-0.15, -0.1) is 0 Å². The zero-order valence-corrected chi connectivity index (χ0v) is 12.0. The van der Waals surface area contributed by atoms with E-state index in [-0.39, 0.29) is 0 Å². The molecule has 0 aliphatic rings. The van der Waals surface area contributed by atoms with Crippen LogP contribution < -0.4 is 5.32 Å². The van der Waals surface area contributed by atoms with Crippen molar-refractivity contribution in [3.8, 4) is 11.1 Å². The van der Waals surface area contributed by atoms with Crippen molar-refractivity contribution in [2.45, 2.75) is 26.8 Å². The molecule has 0 bridgehead atoms. The molecule has 1 aromatic carbocycles. The van der Waals surface area contributed by atoms with E-state index in [4.69, 9.17) is 0 Å². The lowest BCUT2D eigenvalue weighted by Gasteiger charge is -2.14. The highest BCUT2D eigenvalue weighted by Crippen LogP contribution is 2.19. The van der Waals surface area contributed by atoms with Crippen LogP contribution in [0.5, 0.6) is 0 Å². The highest BCUT2D eigenvalue weighted by Gasteiger charge is 2.07. The van der Waals surface area contributed by atoms with Gasteiger partial charge in [-0.2, -0.15) is 5.10 Å². The van der Waals surface area contributed by atoms with E-state index in [1.807, 2.05) is 16.9 Å². The Morgan fingerprint density at radius 2 is 1.79 bits per heavy atom. The van der Waals surface area contributed by atoms with Gasteiger partial charge in [0.2, 0.25) is 0 Å². The number of aromatic nitrogens is 2. The van der Waals surface area contributed by atoms with Crippen LogP contribution in [0.4, 0.5) is 0 Å². The summed E-state index contributed by atoms with van der Waals surface area (Å²) in [4.78, 5) is 0. The second kappa shape index (κ2) is 6.53. The summed E-state index contributed by atoms with van der Waals surface area (Å²) in [5, 5.41) is 7.94. The molecule has 1 atom stereocenters. The number of rotatable bonds is 6. The highest BCUT2D eigenvalue weighted by atomic mass is 15.3. The first-order valence-corrected chi connectivity index (χ1v) is 6.97. The Bertz CT molecular complexity index is 488. The average Bonchev–Trinajstić information content (AvgIpc) is 2.89. The van der Waals surface area contributed by atoms with Crippen LogP contribution >= 0.6 is 0 Å². The lowest BCUT2D eigenvalue weighted by molar-refractivity contribution is 0.435. The second-order valence-corrected chi connectivity index (χ2v) is 5.48. The van der Waals surface area contributed by atoms with Gasteiger partial charge in [0.15, 0.2) is 0 Å². The molecule has 0 aliphatic heterocycles. The van der Waals surface area contributed by atoms with Gasteiger partial charge in [0.1, 0.15) is 0 Å². The van der Waals surface area contributed by atoms with E-state index in [0.29, 0.717) is 12.0 Å². The molecule has 1 heterocycles. The number of hydrogen-bond acceptors (Lipinski definition) is 2. The third kappa shape index (κ3) is 3.93. The van der Waals surface area contributed by atoms with E-state index >= 15 is 0 Å². The van der Waals surface area contributed by atoms with Gasteiger partial charge >= 0.3 is 0 Å². The molecule has 19 heavy (non-hydrogen) atoms. The van der Waals surface area contributed by atoms with Crippen molar-refractivity contribution in [2.75, 3.05) is 13.1 Å². The summed E-state index contributed by atoms with van der Waals surface area (Å²) in [6.07, 6.45) is 4.06. The van der Waals surface area contributed by atoms with Crippen molar-refractivity contribution in [3.63, 3.8) is 0 Å². The third-order valence-corrected chi connectivity index (χ3v) is 3.15. The smallest absolute Gasteiger partial charge is 0.0615 e. The number of nitrogens with one attached hydrogen (secondary N) is 1. The minimum absolute atomic E-state index is 0.371. The Morgan fingerprint density at radius 1 is 1.05 bits per heavy atom. The van der Waals surface area contributed by atoms with Crippen molar-refractivity contribution in [1.82, 2.24) is 15.1 Å². The molecule has 1 aromatic heterocycles. The molecule has 0 aliphatic carbocycles. The highest BCUT2D eigenvalue weighted by molar-refractivity contribution is 5.61. The van der Waals surface area contributed by atoms with Gasteiger partial charge < -0.3 is 5.32 Å². The van der Waals surface area contributed by atoms with Crippen LogP contribution in [0.15, 0.2) is 42.7 Å². The maximum atomic E-state index is 4.47. The first-order valence-electron chi connectivity index (χ1n) is 6.97. The van der Waals surface area contributed by atoms with Crippen LogP contribution in [0, 0.1) is 5.92 Å². The lowest BCUT2D eigenvalue weighted by Crippen LogP contribution is -2.27. The molecule has 0 saturated heterocycles. The summed E-state index contributed by atoms with van der Waals surface area (Å²) in [5.41, 5.74) is 2.40. The molecule has 2 rings (SSSR count). The summed E-state index contributed by atoms with van der Waals surface area (Å²) < 4.78 is 2.04. The Balaban J connectivity index is 1.97. The van der Waals surface area contributed by atoms with E-state index in [9.17, 15) is 0 Å². The molecule has 0 fully saturated rings. The van der Waals surface area contributed by atoms with Crippen LogP contribution in [-0.4, -0.2) is 22.9 Å². The number of benzene rings is 1. The van der Waals surface area contributed by atoms with Gasteiger partial charge in [-0.3, -0.25) is 4.68 Å². The normalized spacial score (nSPS) is 12.8. The van der Waals surface area contributed by atoms with Gasteiger partial charge in [-0.05, 0) is 24.9 Å². The predicted octanol–water partition coefficient (Wildman–Crippen LogP) is 3.36. The van der Waals surface area contributed by atoms with Crippen LogP contribution in [-0.2, 0) is 0 Å². The first-order chi connectivity index (χ1) is 9.16. The van der Waals surface area contributed by atoms with E-state index in [1.54, 1.807) is 0 Å². The SMILES string of the molecule is CC(C)CNCC(C)n1cc(-c2ccccc2)cn1. The molecule has 3 heteroatoms. The molecule has 1 unspecified atom stereocenters. The van der Waals surface area contributed by atoms with E-state index < -0.39 is 0 Å². The fraction of sp³-hybridized carbons (Fsp3) is 0.438. The monoisotopic (exact) mass is 257 g/mol. The third-order valence-electron chi connectivity index (χ3n) is 3.15. The van der Waals surface area contributed by atoms with Gasteiger partial charge in [-0.1, -0.05) is 44.2 Å². The maximum absolute atomic E-state index is 4.47. The standard InChI is InChI=1S/C16H23N3/c1-13(2)9-17-10-14(3)19-12-16(11-18-19)15-7-5-4-6-8-15/h4-8,11-14,17H,9-10H2,1-3H3. The Labute approximate surface area is 115 Å². The summed E-state index contributed by atoms with van der Waals surface area (Å²) in [7, 11) is 0. The van der Waals surface area contributed by atoms with Gasteiger partial charge in [0.05, 0.1) is 12.2 Å². The van der Waals surface area contributed by atoms with Crippen LogP contribution in [0.2, 0.25) is 0 Å². The summed E-state index contributed by atoms with van der Waals surface area (Å²) in [6.45, 7) is 8.64. The van der Waals surface area contributed by atoms with Gasteiger partial charge in [0, 0.05) is 18.3 Å². The second-order valence-electron chi connectivity index (χ2n) is 5.48. The first kappa shape index (κ1) is 13.8. The minimum atomic E-state index is 0.371. The number of hydrogen-bond donors (Lipinski definition) is 1. The fourth-order valence-electron chi connectivity index (χ4n) is 2.03. The van der Waals surface area contributed by atoms with Crippen molar-refractivity contribution in [1.29, 1.82) is 0 Å². The quantitative estimate of drug-likeness (QED) is 0.860. The lowest BCUT2D eigenvalue weighted by atomic mass is 10.1. The fourth-order valence-corrected chi connectivity index (χ4v) is 2.03. The molecule has 0 saturated carbocycles. The van der Waals surface area contributed by atoms with Crippen molar-refractivity contribution >= 4 is 0 Å². The Hall–Kier alpha value is -1.61. The van der Waals surface area contributed by atoms with Gasteiger partial charge in [0.25, 0.3) is 0 Å². The Morgan fingerprint density at radius 3 is 2.47 bits per heavy atom. The molecule has 1 N–H and O–H groups in total. The minimum Gasteiger partial charge on any atom is -0.314 e. The van der Waals surface area contributed by atoms with Crippen LogP contribution in [0.3, 0.4) is 0 Å². The molecule has 3 nitrogen and oxygen atoms in total. The largest absolute Gasteiger partial charge is 0.314 e. The molecule has 0 spiro atoms. The molecule has 2 aromatic rings. The topological polar surface area (TPSA) is 29.9 Å². The summed E-state index contributed by atoms with van der Waals surface area (Å²) in [6, 6.07) is 10.7. The molecule has 0 radical (unpaired) electrons. The Kier molecular flexibility index (Phi) is 4.74. The molecule has 0 amide bonds. The zero-order chi connectivity index (χ0) is 13.7. The predicted molar refractivity (Wildman–Crippen MR) is 80.1 cm³/mol. The zero-order valence-electron chi connectivity index (χ0n) is 12.0. The molecular formula is C16H23N3. The number of nitrogens with zero attached hydrogens (tertiary/aromatic N) is 2. The molecular weight excluding hydrogens is 234 g/mol. The molecule has 102 valence electrons. The van der Waals surface area contributed by atoms with Crippen LogP contribution in [0.25, 0.3) is 11.1 Å². The summed E-state index contributed by atoms with van der Waals surface area (Å²) in [5.74, 6) is 0.685. The van der Waals surface area contributed by atoms with E-state index in [0.717, 1.165) is 13.1 Å². The van der Waals surface area contributed by atoms with Crippen molar-refractivity contribution < 1.29 is 0 Å². The van der Waals surface area contributed by atoms with Gasteiger partial charge in [-0.25, -0.2) is 0 Å². The van der Waals surface area contributed by atoms with E-state index in [2.05, 4.69) is 61.6 Å². The summed E-state index contributed by atoms with van der Waals surface area (Å²) >= 11 is 0. The van der Waals surface area contributed by atoms with Crippen molar-refractivity contribution in [2.24, 2.45) is 5.92 Å². The van der Waals surface area contributed by atoms with E-state index in [1.165, 1.54) is 11.1 Å².